The van der Waals surface area contributed by atoms with Crippen LogP contribution in [-0.2, 0) is 4.79 Å². The molecule has 0 N–H and O–H groups in total. The number of hydrogen-bond donors (Lipinski definition) is 0. The first-order valence-corrected chi connectivity index (χ1v) is 9.01. The molecule has 23 heavy (non-hydrogen) atoms. The van der Waals surface area contributed by atoms with Gasteiger partial charge < -0.3 is 4.79 Å². The summed E-state index contributed by atoms with van der Waals surface area (Å²) in [5.41, 5.74) is 1.44. The molecular formula is C19H28O3S. The van der Waals surface area contributed by atoms with Gasteiger partial charge in [-0.1, -0.05) is 38.2 Å². The van der Waals surface area contributed by atoms with Gasteiger partial charge in [0.1, 0.15) is 5.78 Å². The Morgan fingerprint density at radius 2 is 1.74 bits per heavy atom. The molecule has 128 valence electrons. The Kier molecular flexibility index (Phi) is 12.1. The molecule has 0 aliphatic rings. The van der Waals surface area contributed by atoms with Crippen molar-refractivity contribution >= 4 is 29.2 Å². The van der Waals surface area contributed by atoms with E-state index in [2.05, 4.69) is 6.92 Å². The van der Waals surface area contributed by atoms with Gasteiger partial charge in [-0.2, -0.15) is 0 Å². The smallest absolute Gasteiger partial charge is 0.187 e. The van der Waals surface area contributed by atoms with Crippen molar-refractivity contribution < 1.29 is 14.4 Å². The highest BCUT2D eigenvalue weighted by atomic mass is 32.1. The van der Waals surface area contributed by atoms with E-state index in [9.17, 15) is 14.4 Å². The van der Waals surface area contributed by atoms with Crippen molar-refractivity contribution in [3.63, 3.8) is 0 Å². The highest BCUT2D eigenvalue weighted by Gasteiger charge is 2.09. The highest BCUT2D eigenvalue weighted by Crippen LogP contribution is 2.15. The minimum absolute atomic E-state index is 0.0941. The van der Waals surface area contributed by atoms with Crippen molar-refractivity contribution in [2.24, 2.45) is 0 Å². The number of aldehydes is 1. The van der Waals surface area contributed by atoms with E-state index in [0.717, 1.165) is 24.7 Å². The number of rotatable bonds is 9. The topological polar surface area (TPSA) is 51.2 Å². The zero-order valence-electron chi connectivity index (χ0n) is 14.7. The van der Waals surface area contributed by atoms with Crippen molar-refractivity contribution in [2.45, 2.75) is 66.2 Å². The van der Waals surface area contributed by atoms with Crippen LogP contribution in [0, 0.1) is 0 Å². The summed E-state index contributed by atoms with van der Waals surface area (Å²) in [6, 6.07) is 1.68. The molecule has 0 unspecified atom stereocenters. The number of allylic oxidation sites excluding steroid dienone is 2. The molecule has 0 saturated heterocycles. The SMILES string of the molecule is CC(C)=CC(=O)c1ccsc1C=O.CCCCCCCC(C)=O. The molecule has 1 rings (SSSR count). The lowest BCUT2D eigenvalue weighted by Gasteiger charge is -1.95. The normalized spacial score (nSPS) is 9.57. The second kappa shape index (κ2) is 12.9. The molecule has 0 aliphatic heterocycles. The van der Waals surface area contributed by atoms with Gasteiger partial charge in [0.25, 0.3) is 0 Å². The van der Waals surface area contributed by atoms with E-state index in [-0.39, 0.29) is 5.78 Å². The molecule has 4 heteroatoms. The summed E-state index contributed by atoms with van der Waals surface area (Å²) in [6.07, 6.45) is 9.25. The molecule has 0 fully saturated rings. The third-order valence-corrected chi connectivity index (χ3v) is 3.96. The van der Waals surface area contributed by atoms with Crippen molar-refractivity contribution in [2.75, 3.05) is 0 Å². The van der Waals surface area contributed by atoms with E-state index in [1.54, 1.807) is 18.4 Å². The number of ketones is 2. The van der Waals surface area contributed by atoms with Crippen LogP contribution in [0.3, 0.4) is 0 Å². The van der Waals surface area contributed by atoms with Crippen LogP contribution in [0.4, 0.5) is 0 Å². The highest BCUT2D eigenvalue weighted by molar-refractivity contribution is 7.12. The summed E-state index contributed by atoms with van der Waals surface area (Å²) in [5, 5.41) is 1.75. The van der Waals surface area contributed by atoms with Gasteiger partial charge in [0.2, 0.25) is 0 Å². The van der Waals surface area contributed by atoms with Crippen molar-refractivity contribution in [3.8, 4) is 0 Å². The average Bonchev–Trinajstić information content (AvgIpc) is 2.95. The van der Waals surface area contributed by atoms with Gasteiger partial charge in [-0.3, -0.25) is 9.59 Å². The number of carbonyl (C=O) groups excluding carboxylic acids is 3. The van der Waals surface area contributed by atoms with Crippen molar-refractivity contribution in [1.82, 2.24) is 0 Å². The van der Waals surface area contributed by atoms with Gasteiger partial charge in [0, 0.05) is 12.0 Å². The standard InChI is InChI=1S/C10H10O2S.C9H18O/c1-7(2)5-9(12)8-3-4-13-10(8)6-11;1-3-4-5-6-7-8-9(2)10/h3-6H,1-2H3;3-8H2,1-2H3. The second-order valence-corrected chi connectivity index (χ2v) is 6.72. The molecule has 1 aromatic heterocycles. The first-order chi connectivity index (χ1) is 10.9. The minimum Gasteiger partial charge on any atom is -0.300 e. The maximum absolute atomic E-state index is 11.5. The number of carbonyl (C=O) groups is 3. The molecule has 0 bridgehead atoms. The lowest BCUT2D eigenvalue weighted by Crippen LogP contribution is -1.96. The molecule has 1 heterocycles. The summed E-state index contributed by atoms with van der Waals surface area (Å²) in [5.74, 6) is 0.236. The Balaban J connectivity index is 0.000000438. The second-order valence-electron chi connectivity index (χ2n) is 5.77. The molecule has 3 nitrogen and oxygen atoms in total. The summed E-state index contributed by atoms with van der Waals surface area (Å²) in [6.45, 7) is 7.57. The fourth-order valence-electron chi connectivity index (χ4n) is 1.93. The Morgan fingerprint density at radius 1 is 1.09 bits per heavy atom. The molecule has 1 aromatic rings. The lowest BCUT2D eigenvalue weighted by molar-refractivity contribution is -0.117. The van der Waals surface area contributed by atoms with Crippen LogP contribution in [0.5, 0.6) is 0 Å². The fourth-order valence-corrected chi connectivity index (χ4v) is 2.64. The molecular weight excluding hydrogens is 308 g/mol. The van der Waals surface area contributed by atoms with E-state index in [0.29, 0.717) is 16.2 Å². The third kappa shape index (κ3) is 10.7. The first kappa shape index (κ1) is 21.4. The van der Waals surface area contributed by atoms with Gasteiger partial charge in [0.05, 0.1) is 4.88 Å². The minimum atomic E-state index is -0.0941. The van der Waals surface area contributed by atoms with E-state index < -0.39 is 0 Å². The molecule has 0 radical (unpaired) electrons. The Bertz CT molecular complexity index is 522. The summed E-state index contributed by atoms with van der Waals surface area (Å²) in [7, 11) is 0. The molecule has 0 aromatic carbocycles. The van der Waals surface area contributed by atoms with E-state index in [1.807, 2.05) is 13.8 Å². The van der Waals surface area contributed by atoms with Crippen LogP contribution >= 0.6 is 11.3 Å². The van der Waals surface area contributed by atoms with Crippen LogP contribution in [0.2, 0.25) is 0 Å². The summed E-state index contributed by atoms with van der Waals surface area (Å²) in [4.78, 5) is 33.0. The zero-order chi connectivity index (χ0) is 17.7. The monoisotopic (exact) mass is 336 g/mol. The van der Waals surface area contributed by atoms with Gasteiger partial charge >= 0.3 is 0 Å². The quantitative estimate of drug-likeness (QED) is 0.253. The van der Waals surface area contributed by atoms with Crippen LogP contribution in [0.1, 0.15) is 86.2 Å². The maximum Gasteiger partial charge on any atom is 0.187 e. The Hall–Kier alpha value is -1.55. The number of unbranched alkanes of at least 4 members (excludes halogenated alkanes) is 4. The van der Waals surface area contributed by atoms with Crippen LogP contribution in [0.15, 0.2) is 23.1 Å². The molecule has 0 spiro atoms. The van der Waals surface area contributed by atoms with Crippen molar-refractivity contribution in [3.05, 3.63) is 33.5 Å². The number of Topliss-reactive ketones (excluding diaryl/α,β-unsaturated/α-hetero) is 1. The summed E-state index contributed by atoms with van der Waals surface area (Å²) >= 11 is 1.29. The van der Waals surface area contributed by atoms with E-state index in [1.165, 1.54) is 43.1 Å². The first-order valence-electron chi connectivity index (χ1n) is 8.13. The molecule has 0 atom stereocenters. The average molecular weight is 336 g/mol. The lowest BCUT2D eigenvalue weighted by atomic mass is 10.1. The Morgan fingerprint density at radius 3 is 2.26 bits per heavy atom. The largest absolute Gasteiger partial charge is 0.300 e. The maximum atomic E-state index is 11.5. The predicted molar refractivity (Wildman–Crippen MR) is 97.5 cm³/mol. The molecule has 0 saturated carbocycles. The Labute approximate surface area is 143 Å². The predicted octanol–water partition coefficient (Wildman–Crippen LogP) is 5.65. The van der Waals surface area contributed by atoms with Gasteiger partial charge in [-0.05, 0) is 44.7 Å². The van der Waals surface area contributed by atoms with E-state index >= 15 is 0 Å². The van der Waals surface area contributed by atoms with Crippen LogP contribution < -0.4 is 0 Å². The van der Waals surface area contributed by atoms with Gasteiger partial charge in [-0.25, -0.2) is 0 Å². The molecule has 0 aliphatic carbocycles. The third-order valence-electron chi connectivity index (χ3n) is 3.12. The van der Waals surface area contributed by atoms with Crippen molar-refractivity contribution in [1.29, 1.82) is 0 Å². The number of thiophene rings is 1. The van der Waals surface area contributed by atoms with Crippen LogP contribution in [-0.4, -0.2) is 17.9 Å². The van der Waals surface area contributed by atoms with Gasteiger partial charge in [-0.15, -0.1) is 11.3 Å². The van der Waals surface area contributed by atoms with Gasteiger partial charge in [0.15, 0.2) is 12.1 Å². The summed E-state index contributed by atoms with van der Waals surface area (Å²) < 4.78 is 0. The van der Waals surface area contributed by atoms with E-state index in [4.69, 9.17) is 0 Å². The zero-order valence-corrected chi connectivity index (χ0v) is 15.5. The van der Waals surface area contributed by atoms with Crippen LogP contribution in [0.25, 0.3) is 0 Å². The fraction of sp³-hybridized carbons (Fsp3) is 0.526. The molecule has 0 amide bonds. The number of hydrogen-bond acceptors (Lipinski definition) is 4.